The Morgan fingerprint density at radius 3 is 3.10 bits per heavy atom. The van der Waals surface area contributed by atoms with Gasteiger partial charge in [0.15, 0.2) is 0 Å². The third-order valence-corrected chi connectivity index (χ3v) is 1.88. The summed E-state index contributed by atoms with van der Waals surface area (Å²) in [6.45, 7) is 2.25. The van der Waals surface area contributed by atoms with Crippen molar-refractivity contribution in [2.75, 3.05) is 7.05 Å². The van der Waals surface area contributed by atoms with Crippen LogP contribution in [0.3, 0.4) is 0 Å². The summed E-state index contributed by atoms with van der Waals surface area (Å²) in [5.74, 6) is 0.738. The molecule has 0 fully saturated rings. The molecular formula is C9H15N. The zero-order valence-electron chi connectivity index (χ0n) is 6.72. The molecule has 0 spiro atoms. The molecule has 1 aliphatic rings. The summed E-state index contributed by atoms with van der Waals surface area (Å²) in [4.78, 5) is 0. The number of nitrogens with one attached hydrogen (secondary N) is 1. The SMILES string of the molecule is CNC1=CCC[C@H](C)C=C1. The highest BCUT2D eigenvalue weighted by atomic mass is 14.8. The van der Waals surface area contributed by atoms with Gasteiger partial charge in [-0.15, -0.1) is 0 Å². The topological polar surface area (TPSA) is 12.0 Å². The van der Waals surface area contributed by atoms with Gasteiger partial charge in [-0.05, 0) is 24.8 Å². The predicted octanol–water partition coefficient (Wildman–Crippen LogP) is 2.08. The molecule has 0 unspecified atom stereocenters. The van der Waals surface area contributed by atoms with E-state index in [0.717, 1.165) is 5.92 Å². The first kappa shape index (κ1) is 7.39. The van der Waals surface area contributed by atoms with E-state index in [1.165, 1.54) is 18.5 Å². The standard InChI is InChI=1S/C9H15N/c1-8-4-3-5-9(10-2)7-6-8/h5-8,10H,3-4H2,1-2H3/t8-/m0/s1. The lowest BCUT2D eigenvalue weighted by Gasteiger charge is -1.97. The van der Waals surface area contributed by atoms with Crippen LogP contribution in [-0.4, -0.2) is 7.05 Å². The molecule has 0 aromatic heterocycles. The van der Waals surface area contributed by atoms with E-state index in [2.05, 4.69) is 30.5 Å². The molecule has 0 saturated carbocycles. The Bertz CT molecular complexity index is 156. The first-order valence-electron chi connectivity index (χ1n) is 3.89. The van der Waals surface area contributed by atoms with Crippen LogP contribution >= 0.6 is 0 Å². The van der Waals surface area contributed by atoms with Gasteiger partial charge in [0.2, 0.25) is 0 Å². The number of rotatable bonds is 1. The molecule has 1 aliphatic carbocycles. The van der Waals surface area contributed by atoms with Crippen LogP contribution in [0.15, 0.2) is 23.9 Å². The molecule has 0 aliphatic heterocycles. The number of likely N-dealkylation sites (N-methyl/N-ethyl adjacent to an activating group) is 1. The lowest BCUT2D eigenvalue weighted by atomic mass is 10.1. The molecule has 0 aromatic rings. The largest absolute Gasteiger partial charge is 0.388 e. The molecule has 1 nitrogen and oxygen atoms in total. The minimum absolute atomic E-state index is 0.738. The Kier molecular flexibility index (Phi) is 2.55. The quantitative estimate of drug-likeness (QED) is 0.583. The van der Waals surface area contributed by atoms with Gasteiger partial charge in [0.25, 0.3) is 0 Å². The molecule has 0 radical (unpaired) electrons. The van der Waals surface area contributed by atoms with E-state index in [0.29, 0.717) is 0 Å². The maximum Gasteiger partial charge on any atom is 0.0293 e. The number of hydrogen-bond donors (Lipinski definition) is 1. The van der Waals surface area contributed by atoms with Gasteiger partial charge in [0.05, 0.1) is 0 Å². The van der Waals surface area contributed by atoms with Gasteiger partial charge in [-0.2, -0.15) is 0 Å². The van der Waals surface area contributed by atoms with Crippen LogP contribution in [0, 0.1) is 5.92 Å². The number of allylic oxidation sites excluding steroid dienone is 3. The summed E-state index contributed by atoms with van der Waals surface area (Å²) in [5, 5.41) is 3.14. The van der Waals surface area contributed by atoms with Crippen LogP contribution < -0.4 is 5.32 Å². The van der Waals surface area contributed by atoms with E-state index in [9.17, 15) is 0 Å². The highest BCUT2D eigenvalue weighted by Crippen LogP contribution is 2.13. The van der Waals surface area contributed by atoms with Crippen molar-refractivity contribution in [3.8, 4) is 0 Å². The van der Waals surface area contributed by atoms with Crippen LogP contribution in [0.1, 0.15) is 19.8 Å². The van der Waals surface area contributed by atoms with Crippen molar-refractivity contribution >= 4 is 0 Å². The first-order valence-corrected chi connectivity index (χ1v) is 3.89. The van der Waals surface area contributed by atoms with Crippen molar-refractivity contribution < 1.29 is 0 Å². The maximum atomic E-state index is 3.14. The molecule has 0 heterocycles. The monoisotopic (exact) mass is 137 g/mol. The lowest BCUT2D eigenvalue weighted by molar-refractivity contribution is 0.662. The summed E-state index contributed by atoms with van der Waals surface area (Å²) in [6.07, 6.45) is 9.15. The summed E-state index contributed by atoms with van der Waals surface area (Å²) in [5.41, 5.74) is 1.25. The third-order valence-electron chi connectivity index (χ3n) is 1.88. The normalized spacial score (nSPS) is 25.4. The lowest BCUT2D eigenvalue weighted by Crippen LogP contribution is -2.01. The second kappa shape index (κ2) is 3.45. The zero-order chi connectivity index (χ0) is 7.40. The fourth-order valence-electron chi connectivity index (χ4n) is 1.12. The predicted molar refractivity (Wildman–Crippen MR) is 44.7 cm³/mol. The Morgan fingerprint density at radius 2 is 2.40 bits per heavy atom. The second-order valence-corrected chi connectivity index (χ2v) is 2.82. The average molecular weight is 137 g/mol. The molecule has 56 valence electrons. The summed E-state index contributed by atoms with van der Waals surface area (Å²) in [7, 11) is 1.96. The van der Waals surface area contributed by atoms with Gasteiger partial charge in [0.1, 0.15) is 0 Å². The van der Waals surface area contributed by atoms with Crippen molar-refractivity contribution in [1.82, 2.24) is 5.32 Å². The van der Waals surface area contributed by atoms with Gasteiger partial charge in [-0.3, -0.25) is 0 Å². The van der Waals surface area contributed by atoms with E-state index >= 15 is 0 Å². The van der Waals surface area contributed by atoms with E-state index in [4.69, 9.17) is 0 Å². The second-order valence-electron chi connectivity index (χ2n) is 2.82. The Hall–Kier alpha value is -0.720. The molecule has 0 bridgehead atoms. The smallest absolute Gasteiger partial charge is 0.0293 e. The Morgan fingerprint density at radius 1 is 1.60 bits per heavy atom. The van der Waals surface area contributed by atoms with E-state index in [1.807, 2.05) is 7.05 Å². The van der Waals surface area contributed by atoms with Crippen molar-refractivity contribution in [2.24, 2.45) is 5.92 Å². The molecule has 1 rings (SSSR count). The van der Waals surface area contributed by atoms with Gasteiger partial charge in [0, 0.05) is 12.7 Å². The number of hydrogen-bond acceptors (Lipinski definition) is 1. The zero-order valence-corrected chi connectivity index (χ0v) is 6.72. The van der Waals surface area contributed by atoms with Gasteiger partial charge >= 0.3 is 0 Å². The van der Waals surface area contributed by atoms with Crippen molar-refractivity contribution in [3.05, 3.63) is 23.9 Å². The van der Waals surface area contributed by atoms with Gasteiger partial charge < -0.3 is 5.32 Å². The van der Waals surface area contributed by atoms with Crippen molar-refractivity contribution in [3.63, 3.8) is 0 Å². The molecule has 10 heavy (non-hydrogen) atoms. The summed E-state index contributed by atoms with van der Waals surface area (Å²) >= 11 is 0. The molecule has 1 heteroatoms. The highest BCUT2D eigenvalue weighted by molar-refractivity contribution is 5.18. The van der Waals surface area contributed by atoms with Crippen molar-refractivity contribution in [2.45, 2.75) is 19.8 Å². The van der Waals surface area contributed by atoms with Crippen LogP contribution in [0.4, 0.5) is 0 Å². The van der Waals surface area contributed by atoms with Crippen molar-refractivity contribution in [1.29, 1.82) is 0 Å². The minimum Gasteiger partial charge on any atom is -0.388 e. The fraction of sp³-hybridized carbons (Fsp3) is 0.556. The Labute approximate surface area is 62.8 Å². The van der Waals surface area contributed by atoms with E-state index < -0.39 is 0 Å². The van der Waals surface area contributed by atoms with Crippen LogP contribution in [0.2, 0.25) is 0 Å². The maximum absolute atomic E-state index is 3.14. The van der Waals surface area contributed by atoms with Gasteiger partial charge in [-0.1, -0.05) is 19.1 Å². The molecule has 1 atom stereocenters. The van der Waals surface area contributed by atoms with Crippen LogP contribution in [-0.2, 0) is 0 Å². The van der Waals surface area contributed by atoms with E-state index in [1.54, 1.807) is 0 Å². The summed E-state index contributed by atoms with van der Waals surface area (Å²) in [6, 6.07) is 0. The molecule has 1 N–H and O–H groups in total. The summed E-state index contributed by atoms with van der Waals surface area (Å²) < 4.78 is 0. The fourth-order valence-corrected chi connectivity index (χ4v) is 1.12. The molecule has 0 aromatic carbocycles. The molecule has 0 saturated heterocycles. The highest BCUT2D eigenvalue weighted by Gasteiger charge is 1.99. The minimum atomic E-state index is 0.738. The van der Waals surface area contributed by atoms with E-state index in [-0.39, 0.29) is 0 Å². The molecular weight excluding hydrogens is 122 g/mol. The first-order chi connectivity index (χ1) is 4.83. The van der Waals surface area contributed by atoms with Crippen LogP contribution in [0.25, 0.3) is 0 Å². The average Bonchev–Trinajstić information content (AvgIpc) is 2.14. The Balaban J connectivity index is 2.57. The third kappa shape index (κ3) is 1.90. The van der Waals surface area contributed by atoms with Crippen LogP contribution in [0.5, 0.6) is 0 Å². The van der Waals surface area contributed by atoms with Gasteiger partial charge in [-0.25, -0.2) is 0 Å². The molecule has 0 amide bonds.